The standard InChI is InChI=1S/C24H25FN4O/c1-17-5-2-3-6-19(17)15-26-24(30)20-7-4-14-29(16-20)23-13-12-22(27-28-23)18-8-10-21(25)11-9-18/h2-3,5-6,8-13,20H,4,7,14-16H2,1H3,(H,26,30). The molecule has 0 bridgehead atoms. The van der Waals surface area contributed by atoms with E-state index in [0.717, 1.165) is 36.3 Å². The maximum Gasteiger partial charge on any atom is 0.225 e. The monoisotopic (exact) mass is 404 g/mol. The highest BCUT2D eigenvalue weighted by molar-refractivity contribution is 5.79. The van der Waals surface area contributed by atoms with Crippen LogP contribution in [-0.4, -0.2) is 29.2 Å². The Bertz CT molecular complexity index is 1000. The van der Waals surface area contributed by atoms with Gasteiger partial charge in [-0.15, -0.1) is 10.2 Å². The van der Waals surface area contributed by atoms with Crippen LogP contribution in [0.5, 0.6) is 0 Å². The zero-order valence-corrected chi connectivity index (χ0v) is 17.0. The minimum Gasteiger partial charge on any atom is -0.354 e. The molecule has 3 aromatic rings. The fourth-order valence-corrected chi connectivity index (χ4v) is 3.80. The molecule has 0 saturated carbocycles. The first-order valence-electron chi connectivity index (χ1n) is 10.3. The van der Waals surface area contributed by atoms with Crippen molar-refractivity contribution in [3.05, 3.63) is 77.6 Å². The summed E-state index contributed by atoms with van der Waals surface area (Å²) >= 11 is 0. The Kier molecular flexibility index (Phi) is 6.02. The molecular weight excluding hydrogens is 379 g/mol. The SMILES string of the molecule is Cc1ccccc1CNC(=O)C1CCCN(c2ccc(-c3ccc(F)cc3)nn2)C1. The van der Waals surface area contributed by atoms with E-state index in [1.165, 1.54) is 17.7 Å². The molecule has 154 valence electrons. The Morgan fingerprint density at radius 1 is 1.10 bits per heavy atom. The molecule has 5 nitrogen and oxygen atoms in total. The predicted molar refractivity (Wildman–Crippen MR) is 115 cm³/mol. The van der Waals surface area contributed by atoms with Crippen molar-refractivity contribution in [3.63, 3.8) is 0 Å². The van der Waals surface area contributed by atoms with Crippen molar-refractivity contribution in [2.24, 2.45) is 5.92 Å². The second-order valence-electron chi connectivity index (χ2n) is 7.71. The molecule has 30 heavy (non-hydrogen) atoms. The molecule has 1 fully saturated rings. The topological polar surface area (TPSA) is 58.1 Å². The highest BCUT2D eigenvalue weighted by Gasteiger charge is 2.26. The van der Waals surface area contributed by atoms with Crippen LogP contribution in [0.3, 0.4) is 0 Å². The molecule has 1 aliphatic heterocycles. The number of anilines is 1. The van der Waals surface area contributed by atoms with Gasteiger partial charge in [0.25, 0.3) is 0 Å². The van der Waals surface area contributed by atoms with Gasteiger partial charge in [-0.25, -0.2) is 4.39 Å². The average Bonchev–Trinajstić information content (AvgIpc) is 2.79. The van der Waals surface area contributed by atoms with Crippen LogP contribution >= 0.6 is 0 Å². The highest BCUT2D eigenvalue weighted by atomic mass is 19.1. The lowest BCUT2D eigenvalue weighted by molar-refractivity contribution is -0.125. The van der Waals surface area contributed by atoms with Crippen LogP contribution in [0.25, 0.3) is 11.3 Å². The molecule has 1 N–H and O–H groups in total. The van der Waals surface area contributed by atoms with Gasteiger partial charge in [0.05, 0.1) is 11.6 Å². The van der Waals surface area contributed by atoms with Crippen LogP contribution in [0.2, 0.25) is 0 Å². The van der Waals surface area contributed by atoms with Crippen LogP contribution in [0.4, 0.5) is 10.2 Å². The van der Waals surface area contributed by atoms with E-state index in [1.54, 1.807) is 12.1 Å². The molecular formula is C24H25FN4O. The fourth-order valence-electron chi connectivity index (χ4n) is 3.80. The van der Waals surface area contributed by atoms with Gasteiger partial charge in [0, 0.05) is 25.2 Å². The average molecular weight is 404 g/mol. The van der Waals surface area contributed by atoms with Gasteiger partial charge in [-0.3, -0.25) is 4.79 Å². The minimum absolute atomic E-state index is 0.0682. The Morgan fingerprint density at radius 2 is 1.90 bits per heavy atom. The summed E-state index contributed by atoms with van der Waals surface area (Å²) in [5.74, 6) is 0.501. The summed E-state index contributed by atoms with van der Waals surface area (Å²) in [6, 6.07) is 18.1. The number of halogens is 1. The number of amides is 1. The number of benzene rings is 2. The number of piperidine rings is 1. The third-order valence-electron chi connectivity index (χ3n) is 5.62. The van der Waals surface area contributed by atoms with Crippen molar-refractivity contribution in [1.82, 2.24) is 15.5 Å². The van der Waals surface area contributed by atoms with Crippen LogP contribution in [-0.2, 0) is 11.3 Å². The molecule has 1 atom stereocenters. The van der Waals surface area contributed by atoms with Crippen molar-refractivity contribution in [2.45, 2.75) is 26.3 Å². The molecule has 6 heteroatoms. The lowest BCUT2D eigenvalue weighted by atomic mass is 9.97. The van der Waals surface area contributed by atoms with E-state index in [1.807, 2.05) is 30.3 Å². The summed E-state index contributed by atoms with van der Waals surface area (Å²) in [5.41, 5.74) is 3.84. The third-order valence-corrected chi connectivity index (χ3v) is 5.62. The summed E-state index contributed by atoms with van der Waals surface area (Å²) in [6.45, 7) is 4.09. The highest BCUT2D eigenvalue weighted by Crippen LogP contribution is 2.24. The molecule has 1 aromatic heterocycles. The van der Waals surface area contributed by atoms with Gasteiger partial charge in [0.15, 0.2) is 5.82 Å². The largest absolute Gasteiger partial charge is 0.354 e. The van der Waals surface area contributed by atoms with Gasteiger partial charge in [-0.05, 0) is 67.3 Å². The number of aryl methyl sites for hydroxylation is 1. The fraction of sp³-hybridized carbons (Fsp3) is 0.292. The molecule has 4 rings (SSSR count). The number of hydrogen-bond acceptors (Lipinski definition) is 4. The van der Waals surface area contributed by atoms with Gasteiger partial charge in [0.2, 0.25) is 5.91 Å². The summed E-state index contributed by atoms with van der Waals surface area (Å²) in [4.78, 5) is 14.8. The van der Waals surface area contributed by atoms with E-state index in [2.05, 4.69) is 33.4 Å². The van der Waals surface area contributed by atoms with E-state index in [0.29, 0.717) is 18.8 Å². The molecule has 0 radical (unpaired) electrons. The zero-order valence-electron chi connectivity index (χ0n) is 17.0. The summed E-state index contributed by atoms with van der Waals surface area (Å²) in [7, 11) is 0. The Morgan fingerprint density at radius 3 is 2.63 bits per heavy atom. The van der Waals surface area contributed by atoms with Crippen molar-refractivity contribution in [2.75, 3.05) is 18.0 Å². The number of nitrogens with zero attached hydrogens (tertiary/aromatic N) is 3. The smallest absolute Gasteiger partial charge is 0.225 e. The first-order valence-corrected chi connectivity index (χ1v) is 10.3. The molecule has 1 aliphatic rings. The number of nitrogens with one attached hydrogen (secondary N) is 1. The molecule has 1 amide bonds. The lowest BCUT2D eigenvalue weighted by Gasteiger charge is -2.32. The van der Waals surface area contributed by atoms with E-state index in [-0.39, 0.29) is 17.6 Å². The summed E-state index contributed by atoms with van der Waals surface area (Å²) < 4.78 is 13.1. The van der Waals surface area contributed by atoms with Crippen LogP contribution in [0.1, 0.15) is 24.0 Å². The van der Waals surface area contributed by atoms with E-state index < -0.39 is 0 Å². The maximum absolute atomic E-state index is 13.1. The van der Waals surface area contributed by atoms with E-state index in [9.17, 15) is 9.18 Å². The first-order chi connectivity index (χ1) is 14.6. The number of hydrogen-bond donors (Lipinski definition) is 1. The second-order valence-corrected chi connectivity index (χ2v) is 7.71. The third kappa shape index (κ3) is 4.64. The first kappa shape index (κ1) is 20.0. The van der Waals surface area contributed by atoms with Crippen LogP contribution < -0.4 is 10.2 Å². The summed E-state index contributed by atoms with van der Waals surface area (Å²) in [5, 5.41) is 11.7. The summed E-state index contributed by atoms with van der Waals surface area (Å²) in [6.07, 6.45) is 1.81. The van der Waals surface area contributed by atoms with Gasteiger partial charge < -0.3 is 10.2 Å². The Balaban J connectivity index is 1.38. The van der Waals surface area contributed by atoms with Crippen molar-refractivity contribution in [1.29, 1.82) is 0 Å². The second kappa shape index (κ2) is 9.03. The maximum atomic E-state index is 13.1. The Hall–Kier alpha value is -3.28. The molecule has 1 saturated heterocycles. The lowest BCUT2D eigenvalue weighted by Crippen LogP contribution is -2.43. The zero-order chi connectivity index (χ0) is 20.9. The van der Waals surface area contributed by atoms with Crippen molar-refractivity contribution >= 4 is 11.7 Å². The van der Waals surface area contributed by atoms with Crippen molar-refractivity contribution in [3.8, 4) is 11.3 Å². The van der Waals surface area contributed by atoms with Gasteiger partial charge in [-0.2, -0.15) is 0 Å². The van der Waals surface area contributed by atoms with Crippen molar-refractivity contribution < 1.29 is 9.18 Å². The number of aromatic nitrogens is 2. The normalized spacial score (nSPS) is 16.3. The van der Waals surface area contributed by atoms with Gasteiger partial charge in [-0.1, -0.05) is 24.3 Å². The number of carbonyl (C=O) groups excluding carboxylic acids is 1. The predicted octanol–water partition coefficient (Wildman–Crippen LogP) is 4.12. The van der Waals surface area contributed by atoms with Gasteiger partial charge >= 0.3 is 0 Å². The quantitative estimate of drug-likeness (QED) is 0.695. The minimum atomic E-state index is -0.275. The Labute approximate surface area is 176 Å². The van der Waals surface area contributed by atoms with E-state index >= 15 is 0 Å². The van der Waals surface area contributed by atoms with Crippen LogP contribution in [0, 0.1) is 18.7 Å². The van der Waals surface area contributed by atoms with E-state index in [4.69, 9.17) is 0 Å². The molecule has 0 aliphatic carbocycles. The molecule has 2 heterocycles. The molecule has 1 unspecified atom stereocenters. The van der Waals surface area contributed by atoms with Crippen LogP contribution in [0.15, 0.2) is 60.7 Å². The molecule has 0 spiro atoms. The van der Waals surface area contributed by atoms with Gasteiger partial charge in [0.1, 0.15) is 5.82 Å². The molecule has 2 aromatic carbocycles. The number of carbonyl (C=O) groups is 1. The number of rotatable bonds is 5.